The summed E-state index contributed by atoms with van der Waals surface area (Å²) in [6, 6.07) is 0. The molecule has 1 aliphatic heterocycles. The lowest BCUT2D eigenvalue weighted by atomic mass is 10.2. The summed E-state index contributed by atoms with van der Waals surface area (Å²) in [4.78, 5) is 11.5. The lowest BCUT2D eigenvalue weighted by Crippen LogP contribution is -2.42. The van der Waals surface area contributed by atoms with Crippen LogP contribution >= 0.6 is 23.2 Å². The molecule has 0 saturated carbocycles. The molecule has 1 N–H and O–H groups in total. The molecule has 1 aliphatic rings. The largest absolute Gasteiger partial charge is 0.464 e. The first-order valence-electron chi connectivity index (χ1n) is 5.00. The normalized spacial score (nSPS) is 20.0. The van der Waals surface area contributed by atoms with E-state index in [1.54, 1.807) is 20.8 Å². The van der Waals surface area contributed by atoms with E-state index in [0.717, 1.165) is 0 Å². The number of carbonyl (C=O) groups excluding carboxylic acids is 1. The van der Waals surface area contributed by atoms with Gasteiger partial charge in [0.25, 0.3) is 0 Å². The number of alkyl halides is 2. The van der Waals surface area contributed by atoms with Gasteiger partial charge in [0.2, 0.25) is 10.1 Å². The minimum atomic E-state index is -2.13. The van der Waals surface area contributed by atoms with E-state index in [-0.39, 0.29) is 12.4 Å². The molecule has 0 aromatic heterocycles. The van der Waals surface area contributed by atoms with Crippen LogP contribution in [0.4, 0.5) is 0 Å². The van der Waals surface area contributed by atoms with Crippen molar-refractivity contribution in [3.8, 4) is 0 Å². The van der Waals surface area contributed by atoms with Gasteiger partial charge >= 0.3 is 5.97 Å². The molecule has 0 aliphatic carbocycles. The van der Waals surface area contributed by atoms with Crippen molar-refractivity contribution in [1.82, 2.24) is 0 Å². The van der Waals surface area contributed by atoms with Crippen LogP contribution in [0.5, 0.6) is 0 Å². The Kier molecular flexibility index (Phi) is 4.17. The fraction of sp³-hybridized carbons (Fsp3) is 0.700. The van der Waals surface area contributed by atoms with E-state index < -0.39 is 22.2 Å². The molecular formula is C10H14Cl2O5. The molecule has 0 radical (unpaired) electrons. The van der Waals surface area contributed by atoms with Gasteiger partial charge in [-0.3, -0.25) is 0 Å². The van der Waals surface area contributed by atoms with Crippen molar-refractivity contribution >= 4 is 29.2 Å². The van der Waals surface area contributed by atoms with Crippen LogP contribution in [-0.2, 0) is 19.0 Å². The third kappa shape index (κ3) is 3.18. The molecule has 0 aromatic rings. The average Bonchev–Trinajstić information content (AvgIpc) is 2.58. The summed E-state index contributed by atoms with van der Waals surface area (Å²) in [7, 11) is 0. The quantitative estimate of drug-likeness (QED) is 0.629. The number of hydrogen-bond acceptors (Lipinski definition) is 5. The number of ether oxygens (including phenoxy) is 3. The van der Waals surface area contributed by atoms with E-state index in [0.29, 0.717) is 0 Å². The monoisotopic (exact) mass is 284 g/mol. The Hall–Kier alpha value is -0.650. The van der Waals surface area contributed by atoms with Gasteiger partial charge in [0.05, 0.1) is 6.61 Å². The lowest BCUT2D eigenvalue weighted by Gasteiger charge is -2.25. The number of esters is 1. The molecule has 0 fully saturated rings. The van der Waals surface area contributed by atoms with Crippen molar-refractivity contribution in [3.05, 3.63) is 12.0 Å². The Balaban J connectivity index is 2.76. The molecule has 0 bridgehead atoms. The summed E-state index contributed by atoms with van der Waals surface area (Å²) in [6.45, 7) is 4.98. The molecule has 0 spiro atoms. The number of aliphatic hydroxyl groups is 1. The van der Waals surface area contributed by atoms with Gasteiger partial charge in [-0.1, -0.05) is 23.2 Å². The third-order valence-corrected chi connectivity index (χ3v) is 2.71. The maximum absolute atomic E-state index is 11.5. The Bertz CT molecular complexity index is 338. The SMILES string of the molecule is CCOC(=O)C(Cl)(Cl)[C@H](O)C1=COC(C)(C)O1. The minimum Gasteiger partial charge on any atom is -0.464 e. The van der Waals surface area contributed by atoms with E-state index in [1.807, 2.05) is 0 Å². The van der Waals surface area contributed by atoms with Crippen molar-refractivity contribution < 1.29 is 24.1 Å². The first-order valence-corrected chi connectivity index (χ1v) is 5.76. The fourth-order valence-corrected chi connectivity index (χ4v) is 1.49. The minimum absolute atomic E-state index is 0.0203. The summed E-state index contributed by atoms with van der Waals surface area (Å²) in [6.07, 6.45) is -0.393. The molecule has 98 valence electrons. The maximum atomic E-state index is 11.5. The van der Waals surface area contributed by atoms with Crippen molar-refractivity contribution in [2.24, 2.45) is 0 Å². The van der Waals surface area contributed by atoms with Crippen molar-refractivity contribution in [2.45, 2.75) is 37.0 Å². The lowest BCUT2D eigenvalue weighted by molar-refractivity contribution is -0.149. The van der Waals surface area contributed by atoms with E-state index in [2.05, 4.69) is 4.74 Å². The summed E-state index contributed by atoms with van der Waals surface area (Å²) < 4.78 is 12.9. The van der Waals surface area contributed by atoms with Gasteiger partial charge in [-0.05, 0) is 6.92 Å². The zero-order chi connectivity index (χ0) is 13.3. The molecular weight excluding hydrogens is 271 g/mol. The highest BCUT2D eigenvalue weighted by Crippen LogP contribution is 2.36. The molecule has 17 heavy (non-hydrogen) atoms. The van der Waals surface area contributed by atoms with Crippen LogP contribution in [0.25, 0.3) is 0 Å². The Morgan fingerprint density at radius 2 is 2.24 bits per heavy atom. The van der Waals surface area contributed by atoms with Crippen LogP contribution in [0.2, 0.25) is 0 Å². The maximum Gasteiger partial charge on any atom is 0.345 e. The van der Waals surface area contributed by atoms with Crippen LogP contribution in [0.1, 0.15) is 20.8 Å². The highest BCUT2D eigenvalue weighted by Gasteiger charge is 2.48. The molecule has 0 saturated heterocycles. The van der Waals surface area contributed by atoms with Crippen LogP contribution in [0, 0.1) is 0 Å². The second kappa shape index (κ2) is 4.92. The topological polar surface area (TPSA) is 65.0 Å². The number of rotatable bonds is 4. The predicted molar refractivity (Wildman–Crippen MR) is 61.4 cm³/mol. The number of aliphatic hydroxyl groups excluding tert-OH is 1. The van der Waals surface area contributed by atoms with Crippen LogP contribution in [0.15, 0.2) is 12.0 Å². The molecule has 0 unspecified atom stereocenters. The number of carbonyl (C=O) groups is 1. The third-order valence-electron chi connectivity index (χ3n) is 1.98. The van der Waals surface area contributed by atoms with Crippen LogP contribution in [0.3, 0.4) is 0 Å². The Morgan fingerprint density at radius 1 is 1.65 bits per heavy atom. The summed E-state index contributed by atoms with van der Waals surface area (Å²) in [5.41, 5.74) is 0. The first kappa shape index (κ1) is 14.4. The van der Waals surface area contributed by atoms with Crippen LogP contribution in [-0.4, -0.2) is 33.9 Å². The first-order chi connectivity index (χ1) is 7.70. The predicted octanol–water partition coefficient (Wildman–Crippen LogP) is 1.71. The summed E-state index contributed by atoms with van der Waals surface area (Å²) >= 11 is 11.5. The van der Waals surface area contributed by atoms with E-state index in [1.165, 1.54) is 6.26 Å². The second-order valence-electron chi connectivity index (χ2n) is 3.89. The van der Waals surface area contributed by atoms with E-state index in [4.69, 9.17) is 32.7 Å². The number of hydrogen-bond donors (Lipinski definition) is 1. The summed E-state index contributed by atoms with van der Waals surface area (Å²) in [5.74, 6) is -1.88. The van der Waals surface area contributed by atoms with Gasteiger partial charge in [-0.15, -0.1) is 0 Å². The van der Waals surface area contributed by atoms with Gasteiger partial charge in [-0.25, -0.2) is 4.79 Å². The van der Waals surface area contributed by atoms with Crippen molar-refractivity contribution in [1.29, 1.82) is 0 Å². The van der Waals surface area contributed by atoms with E-state index >= 15 is 0 Å². The number of halogens is 2. The van der Waals surface area contributed by atoms with Gasteiger partial charge in [0.15, 0.2) is 11.9 Å². The fourth-order valence-electron chi connectivity index (χ4n) is 1.17. The van der Waals surface area contributed by atoms with Gasteiger partial charge in [0, 0.05) is 13.8 Å². The zero-order valence-corrected chi connectivity index (χ0v) is 11.2. The zero-order valence-electron chi connectivity index (χ0n) is 9.70. The molecule has 1 atom stereocenters. The molecule has 0 amide bonds. The van der Waals surface area contributed by atoms with Crippen LogP contribution < -0.4 is 0 Å². The second-order valence-corrected chi connectivity index (χ2v) is 5.27. The smallest absolute Gasteiger partial charge is 0.345 e. The molecule has 5 nitrogen and oxygen atoms in total. The molecule has 7 heteroatoms. The standard InChI is InChI=1S/C10H14Cl2O5/c1-4-15-8(14)10(11,12)7(13)6-5-16-9(2,3)17-6/h5,7,13H,4H2,1-3H3/t7-/m1/s1. The van der Waals surface area contributed by atoms with Crippen molar-refractivity contribution in [3.63, 3.8) is 0 Å². The summed E-state index contributed by atoms with van der Waals surface area (Å²) in [5, 5.41) is 9.87. The van der Waals surface area contributed by atoms with Crippen molar-refractivity contribution in [2.75, 3.05) is 6.61 Å². The highest BCUT2D eigenvalue weighted by atomic mass is 35.5. The molecule has 1 heterocycles. The Labute approximate surface area is 109 Å². The van der Waals surface area contributed by atoms with E-state index in [9.17, 15) is 9.90 Å². The molecule has 0 aromatic carbocycles. The Morgan fingerprint density at radius 3 is 2.65 bits per heavy atom. The molecule has 1 rings (SSSR count). The highest BCUT2D eigenvalue weighted by molar-refractivity contribution is 6.58. The van der Waals surface area contributed by atoms with Gasteiger partial charge in [-0.2, -0.15) is 0 Å². The van der Waals surface area contributed by atoms with Gasteiger partial charge < -0.3 is 19.3 Å². The average molecular weight is 285 g/mol. The van der Waals surface area contributed by atoms with Gasteiger partial charge in [0.1, 0.15) is 6.26 Å².